The highest BCUT2D eigenvalue weighted by molar-refractivity contribution is 5.79. The smallest absolute Gasteiger partial charge is 0.253 e. The third kappa shape index (κ3) is 3.65. The van der Waals surface area contributed by atoms with E-state index in [2.05, 4.69) is 38.4 Å². The number of aromatic nitrogens is 5. The quantitative estimate of drug-likeness (QED) is 0.714. The van der Waals surface area contributed by atoms with Crippen LogP contribution in [-0.2, 0) is 4.74 Å². The largest absolute Gasteiger partial charge is 0.379 e. The number of nitrogens with one attached hydrogen (secondary N) is 1. The minimum absolute atomic E-state index is 0.0824. The second kappa shape index (κ2) is 8.28. The number of H-pyrrole nitrogens is 1. The number of pyridine rings is 1. The first-order chi connectivity index (χ1) is 14.7. The molecule has 8 heteroatoms. The molecule has 3 aromatic rings. The number of aromatic amines is 1. The number of tetrazole rings is 1. The molecule has 1 saturated heterocycles. The van der Waals surface area contributed by atoms with E-state index in [0.717, 1.165) is 48.2 Å². The fourth-order valence-corrected chi connectivity index (χ4v) is 4.85. The normalized spacial score (nSPS) is 19.9. The van der Waals surface area contributed by atoms with Crippen LogP contribution in [0.1, 0.15) is 61.1 Å². The van der Waals surface area contributed by atoms with E-state index in [-0.39, 0.29) is 11.6 Å². The van der Waals surface area contributed by atoms with Gasteiger partial charge in [0.15, 0.2) is 5.82 Å². The molecular weight excluding hydrogens is 380 g/mol. The van der Waals surface area contributed by atoms with Gasteiger partial charge in [0.1, 0.15) is 6.04 Å². The highest BCUT2D eigenvalue weighted by Gasteiger charge is 2.33. The van der Waals surface area contributed by atoms with Gasteiger partial charge in [-0.25, -0.2) is 4.68 Å². The summed E-state index contributed by atoms with van der Waals surface area (Å²) in [4.78, 5) is 18.5. The highest BCUT2D eigenvalue weighted by Crippen LogP contribution is 2.33. The fraction of sp³-hybridized carbons (Fsp3) is 0.545. The Kier molecular flexibility index (Phi) is 5.35. The molecule has 1 aliphatic carbocycles. The van der Waals surface area contributed by atoms with Crippen molar-refractivity contribution in [2.75, 3.05) is 26.3 Å². The highest BCUT2D eigenvalue weighted by atomic mass is 16.5. The molecule has 0 unspecified atom stereocenters. The monoisotopic (exact) mass is 408 g/mol. The van der Waals surface area contributed by atoms with Crippen LogP contribution in [0.5, 0.6) is 0 Å². The second-order valence-electron chi connectivity index (χ2n) is 8.47. The van der Waals surface area contributed by atoms with Crippen LogP contribution >= 0.6 is 0 Å². The van der Waals surface area contributed by atoms with Crippen molar-refractivity contribution in [1.29, 1.82) is 0 Å². The minimum Gasteiger partial charge on any atom is -0.379 e. The first-order valence-electron chi connectivity index (χ1n) is 10.9. The number of fused-ring (bicyclic) bond motifs is 1. The Balaban J connectivity index is 1.64. The molecule has 1 N–H and O–H groups in total. The zero-order valence-corrected chi connectivity index (χ0v) is 17.4. The average molecular weight is 409 g/mol. The van der Waals surface area contributed by atoms with Crippen molar-refractivity contribution in [3.8, 4) is 0 Å². The van der Waals surface area contributed by atoms with Gasteiger partial charge < -0.3 is 9.72 Å². The third-order valence-corrected chi connectivity index (χ3v) is 6.42. The molecule has 8 nitrogen and oxygen atoms in total. The van der Waals surface area contributed by atoms with Crippen molar-refractivity contribution < 1.29 is 4.74 Å². The molecule has 1 saturated carbocycles. The molecule has 5 rings (SSSR count). The van der Waals surface area contributed by atoms with Crippen molar-refractivity contribution in [2.24, 2.45) is 0 Å². The molecule has 158 valence electrons. The molecule has 3 heterocycles. The van der Waals surface area contributed by atoms with E-state index in [0.29, 0.717) is 24.8 Å². The summed E-state index contributed by atoms with van der Waals surface area (Å²) < 4.78 is 7.57. The first-order valence-corrected chi connectivity index (χ1v) is 10.9. The van der Waals surface area contributed by atoms with Gasteiger partial charge in [-0.05, 0) is 53.8 Å². The van der Waals surface area contributed by atoms with Crippen LogP contribution in [0.25, 0.3) is 10.9 Å². The Labute approximate surface area is 175 Å². The Morgan fingerprint density at radius 2 is 1.93 bits per heavy atom. The Bertz CT molecular complexity index is 1080. The van der Waals surface area contributed by atoms with E-state index in [4.69, 9.17) is 4.74 Å². The summed E-state index contributed by atoms with van der Waals surface area (Å²) in [6, 6.07) is 8.11. The van der Waals surface area contributed by atoms with Crippen LogP contribution in [0.4, 0.5) is 0 Å². The van der Waals surface area contributed by atoms with Gasteiger partial charge in [0.2, 0.25) is 0 Å². The van der Waals surface area contributed by atoms with E-state index in [1.165, 1.54) is 19.3 Å². The maximum atomic E-state index is 13.2. The lowest BCUT2D eigenvalue weighted by Crippen LogP contribution is -2.42. The molecule has 30 heavy (non-hydrogen) atoms. The van der Waals surface area contributed by atoms with Gasteiger partial charge in [-0.1, -0.05) is 30.9 Å². The van der Waals surface area contributed by atoms with Gasteiger partial charge in [-0.3, -0.25) is 9.69 Å². The lowest BCUT2D eigenvalue weighted by Gasteiger charge is -2.34. The van der Waals surface area contributed by atoms with Gasteiger partial charge in [-0.15, -0.1) is 5.10 Å². The molecule has 1 aliphatic heterocycles. The SMILES string of the molecule is Cc1ccc2[nH]c(=O)c([C@H](c3nnnn3C3CCCCC3)N3CCOCC3)cc2c1. The van der Waals surface area contributed by atoms with Crippen LogP contribution < -0.4 is 5.56 Å². The number of morpholine rings is 1. The van der Waals surface area contributed by atoms with Crippen LogP contribution in [0, 0.1) is 6.92 Å². The summed E-state index contributed by atoms with van der Waals surface area (Å²) in [6.07, 6.45) is 5.83. The second-order valence-corrected chi connectivity index (χ2v) is 8.47. The summed E-state index contributed by atoms with van der Waals surface area (Å²) in [7, 11) is 0. The van der Waals surface area contributed by atoms with Gasteiger partial charge in [-0.2, -0.15) is 0 Å². The van der Waals surface area contributed by atoms with Gasteiger partial charge in [0.05, 0.1) is 19.3 Å². The molecule has 1 atom stereocenters. The molecular formula is C22H28N6O2. The van der Waals surface area contributed by atoms with E-state index >= 15 is 0 Å². The Morgan fingerprint density at radius 3 is 2.73 bits per heavy atom. The van der Waals surface area contributed by atoms with Crippen molar-refractivity contribution in [2.45, 2.75) is 51.1 Å². The van der Waals surface area contributed by atoms with E-state index < -0.39 is 0 Å². The number of aryl methyl sites for hydroxylation is 1. The standard InChI is InChI=1S/C22H28N6O2/c1-15-7-8-19-16(13-15)14-18(22(29)23-19)20(27-9-11-30-12-10-27)21-24-25-26-28(21)17-5-3-2-4-6-17/h7-8,13-14,17,20H,2-6,9-12H2,1H3,(H,23,29)/t20-/m1/s1. The molecule has 0 radical (unpaired) electrons. The zero-order valence-electron chi connectivity index (χ0n) is 17.4. The van der Waals surface area contributed by atoms with Gasteiger partial charge >= 0.3 is 0 Å². The molecule has 2 aliphatic rings. The number of rotatable bonds is 4. The van der Waals surface area contributed by atoms with E-state index in [1.807, 2.05) is 22.9 Å². The zero-order chi connectivity index (χ0) is 20.5. The van der Waals surface area contributed by atoms with Crippen LogP contribution in [0.15, 0.2) is 29.1 Å². The number of hydrogen-bond donors (Lipinski definition) is 1. The average Bonchev–Trinajstić information content (AvgIpc) is 3.25. The lowest BCUT2D eigenvalue weighted by molar-refractivity contribution is 0.0209. The molecule has 2 aromatic heterocycles. The van der Waals surface area contributed by atoms with Gasteiger partial charge in [0, 0.05) is 24.2 Å². The van der Waals surface area contributed by atoms with Crippen LogP contribution in [0.3, 0.4) is 0 Å². The number of hydrogen-bond acceptors (Lipinski definition) is 6. The summed E-state index contributed by atoms with van der Waals surface area (Å²) >= 11 is 0. The summed E-state index contributed by atoms with van der Waals surface area (Å²) in [6.45, 7) is 4.84. The molecule has 0 bridgehead atoms. The van der Waals surface area contributed by atoms with Crippen molar-refractivity contribution in [3.05, 3.63) is 51.6 Å². The summed E-state index contributed by atoms with van der Waals surface area (Å²) in [5.74, 6) is 0.765. The van der Waals surface area contributed by atoms with Crippen LogP contribution in [0.2, 0.25) is 0 Å². The molecule has 0 spiro atoms. The maximum Gasteiger partial charge on any atom is 0.253 e. The van der Waals surface area contributed by atoms with Crippen molar-refractivity contribution in [1.82, 2.24) is 30.1 Å². The van der Waals surface area contributed by atoms with Crippen molar-refractivity contribution in [3.63, 3.8) is 0 Å². The topological polar surface area (TPSA) is 88.9 Å². The molecule has 0 amide bonds. The van der Waals surface area contributed by atoms with Crippen LogP contribution in [-0.4, -0.2) is 56.4 Å². The number of nitrogens with zero attached hydrogens (tertiary/aromatic N) is 5. The Morgan fingerprint density at radius 1 is 1.13 bits per heavy atom. The first kappa shape index (κ1) is 19.4. The number of ether oxygens (including phenoxy) is 1. The predicted molar refractivity (Wildman–Crippen MR) is 113 cm³/mol. The number of benzene rings is 1. The molecule has 2 fully saturated rings. The maximum absolute atomic E-state index is 13.2. The van der Waals surface area contributed by atoms with Crippen molar-refractivity contribution >= 4 is 10.9 Å². The third-order valence-electron chi connectivity index (χ3n) is 6.42. The summed E-state index contributed by atoms with van der Waals surface area (Å²) in [5, 5.41) is 13.9. The minimum atomic E-state index is -0.292. The Hall–Kier alpha value is -2.58. The van der Waals surface area contributed by atoms with Gasteiger partial charge in [0.25, 0.3) is 5.56 Å². The fourth-order valence-electron chi connectivity index (χ4n) is 4.85. The lowest BCUT2D eigenvalue weighted by atomic mass is 9.95. The van der Waals surface area contributed by atoms with E-state index in [1.54, 1.807) is 0 Å². The van der Waals surface area contributed by atoms with E-state index in [9.17, 15) is 4.79 Å². The summed E-state index contributed by atoms with van der Waals surface area (Å²) in [5.41, 5.74) is 2.63. The molecule has 1 aromatic carbocycles. The predicted octanol–water partition coefficient (Wildman–Crippen LogP) is 2.75.